The lowest BCUT2D eigenvalue weighted by molar-refractivity contribution is 0.214. The average Bonchev–Trinajstić information content (AvgIpc) is 2.89. The number of nitrogens with one attached hydrogen (secondary N) is 1. The second-order valence-electron chi connectivity index (χ2n) is 4.69. The molecule has 1 aliphatic heterocycles. The van der Waals surface area contributed by atoms with Gasteiger partial charge < -0.3 is 10.4 Å². The molecule has 1 unspecified atom stereocenters. The number of benzene rings is 1. The molecule has 0 radical (unpaired) electrons. The highest BCUT2D eigenvalue weighted by Crippen LogP contribution is 2.28. The summed E-state index contributed by atoms with van der Waals surface area (Å²) < 4.78 is 0. The first-order valence-electron chi connectivity index (χ1n) is 6.18. The third kappa shape index (κ3) is 1.82. The number of pyridine rings is 1. The van der Waals surface area contributed by atoms with Gasteiger partial charge in [-0.05, 0) is 29.2 Å². The number of hydrogen-bond acceptors (Lipinski definition) is 3. The van der Waals surface area contributed by atoms with Crippen LogP contribution in [0.5, 0.6) is 0 Å². The van der Waals surface area contributed by atoms with Crippen LogP contribution in [0.15, 0.2) is 36.5 Å². The van der Waals surface area contributed by atoms with Gasteiger partial charge in [-0.15, -0.1) is 0 Å². The lowest BCUT2D eigenvalue weighted by Crippen LogP contribution is -2.07. The van der Waals surface area contributed by atoms with Gasteiger partial charge in [0.05, 0.1) is 5.69 Å². The zero-order valence-corrected chi connectivity index (χ0v) is 10.4. The molecule has 2 aromatic rings. The molecule has 92 valence electrons. The topological polar surface area (TPSA) is 45.2 Å². The minimum atomic E-state index is -0.642. The normalized spacial score (nSPS) is 15.4. The summed E-state index contributed by atoms with van der Waals surface area (Å²) in [6, 6.07) is 9.67. The van der Waals surface area contributed by atoms with Crippen LogP contribution < -0.4 is 5.32 Å². The van der Waals surface area contributed by atoms with E-state index in [9.17, 15) is 5.11 Å². The first-order chi connectivity index (χ1) is 8.77. The Morgan fingerprint density at radius 2 is 2.00 bits per heavy atom. The summed E-state index contributed by atoms with van der Waals surface area (Å²) >= 11 is 0. The number of fused-ring (bicyclic) bond motifs is 1. The molecule has 0 amide bonds. The Bertz CT molecular complexity index is 566. The van der Waals surface area contributed by atoms with Crippen molar-refractivity contribution in [2.24, 2.45) is 0 Å². The largest absolute Gasteiger partial charge is 0.382 e. The van der Waals surface area contributed by atoms with Crippen molar-refractivity contribution in [2.45, 2.75) is 26.1 Å². The zero-order chi connectivity index (χ0) is 12.5. The van der Waals surface area contributed by atoms with Gasteiger partial charge in [0.15, 0.2) is 0 Å². The van der Waals surface area contributed by atoms with E-state index in [1.165, 1.54) is 11.1 Å². The van der Waals surface area contributed by atoms with Gasteiger partial charge in [0, 0.05) is 19.3 Å². The molecule has 0 fully saturated rings. The van der Waals surface area contributed by atoms with E-state index in [2.05, 4.69) is 10.3 Å². The molecule has 0 aliphatic carbocycles. The smallest absolute Gasteiger partial charge is 0.121 e. The van der Waals surface area contributed by atoms with Gasteiger partial charge in [-0.1, -0.05) is 30.3 Å². The van der Waals surface area contributed by atoms with Crippen LogP contribution >= 0.6 is 0 Å². The monoisotopic (exact) mass is 240 g/mol. The lowest BCUT2D eigenvalue weighted by Gasteiger charge is -2.15. The van der Waals surface area contributed by atoms with Crippen LogP contribution in [0.25, 0.3) is 0 Å². The fourth-order valence-electron chi connectivity index (χ4n) is 2.51. The second-order valence-corrected chi connectivity index (χ2v) is 4.69. The van der Waals surface area contributed by atoms with Gasteiger partial charge >= 0.3 is 0 Å². The summed E-state index contributed by atoms with van der Waals surface area (Å²) in [4.78, 5) is 4.44. The van der Waals surface area contributed by atoms with E-state index >= 15 is 0 Å². The van der Waals surface area contributed by atoms with E-state index in [0.29, 0.717) is 0 Å². The van der Waals surface area contributed by atoms with Crippen molar-refractivity contribution in [3.8, 4) is 0 Å². The summed E-state index contributed by atoms with van der Waals surface area (Å²) in [6.45, 7) is 3.80. The number of nitrogens with zero attached hydrogens (tertiary/aromatic N) is 1. The van der Waals surface area contributed by atoms with Crippen molar-refractivity contribution >= 4 is 0 Å². The van der Waals surface area contributed by atoms with Crippen LogP contribution in [0.1, 0.15) is 34.1 Å². The number of aromatic nitrogens is 1. The highest BCUT2D eigenvalue weighted by molar-refractivity contribution is 5.41. The lowest BCUT2D eigenvalue weighted by atomic mass is 9.98. The van der Waals surface area contributed by atoms with Crippen molar-refractivity contribution in [1.29, 1.82) is 0 Å². The number of hydrogen-bond donors (Lipinski definition) is 2. The number of aliphatic hydroxyl groups excluding tert-OH is 1. The number of aliphatic hydroxyl groups is 1. The highest BCUT2D eigenvalue weighted by atomic mass is 16.3. The first kappa shape index (κ1) is 11.4. The highest BCUT2D eigenvalue weighted by Gasteiger charge is 2.20. The van der Waals surface area contributed by atoms with Gasteiger partial charge in [-0.25, -0.2) is 0 Å². The molecule has 3 nitrogen and oxygen atoms in total. The van der Waals surface area contributed by atoms with E-state index in [1.54, 1.807) is 0 Å². The molecule has 0 saturated heterocycles. The van der Waals surface area contributed by atoms with Gasteiger partial charge in [-0.2, -0.15) is 0 Å². The molecule has 2 heterocycles. The third-order valence-corrected chi connectivity index (χ3v) is 3.58. The summed E-state index contributed by atoms with van der Waals surface area (Å²) in [7, 11) is 0. The Morgan fingerprint density at radius 3 is 2.78 bits per heavy atom. The molecule has 3 rings (SSSR count). The van der Waals surface area contributed by atoms with Gasteiger partial charge in [0.2, 0.25) is 0 Å². The molecule has 1 atom stereocenters. The van der Waals surface area contributed by atoms with E-state index in [0.717, 1.165) is 29.9 Å². The van der Waals surface area contributed by atoms with Crippen LogP contribution in [0.4, 0.5) is 0 Å². The fraction of sp³-hybridized carbons (Fsp3) is 0.267. The van der Waals surface area contributed by atoms with Crippen molar-refractivity contribution in [1.82, 2.24) is 10.3 Å². The number of rotatable bonds is 2. The molecular formula is C15H16N2O. The van der Waals surface area contributed by atoms with Crippen LogP contribution in [0.3, 0.4) is 0 Å². The van der Waals surface area contributed by atoms with Crippen molar-refractivity contribution in [3.63, 3.8) is 0 Å². The van der Waals surface area contributed by atoms with Crippen molar-refractivity contribution in [3.05, 3.63) is 64.5 Å². The minimum Gasteiger partial charge on any atom is -0.382 e. The van der Waals surface area contributed by atoms with Gasteiger partial charge in [0.25, 0.3) is 0 Å². The molecule has 1 aromatic carbocycles. The average molecular weight is 240 g/mol. The second kappa shape index (κ2) is 4.52. The van der Waals surface area contributed by atoms with E-state index in [1.807, 2.05) is 43.5 Å². The van der Waals surface area contributed by atoms with Crippen molar-refractivity contribution in [2.75, 3.05) is 0 Å². The van der Waals surface area contributed by atoms with Gasteiger partial charge in [-0.3, -0.25) is 4.98 Å². The van der Waals surface area contributed by atoms with Crippen LogP contribution in [-0.2, 0) is 13.1 Å². The summed E-state index contributed by atoms with van der Waals surface area (Å²) in [5, 5.41) is 13.7. The minimum absolute atomic E-state index is 0.642. The quantitative estimate of drug-likeness (QED) is 0.844. The third-order valence-electron chi connectivity index (χ3n) is 3.58. The Hall–Kier alpha value is -1.71. The molecule has 0 spiro atoms. The summed E-state index contributed by atoms with van der Waals surface area (Å²) in [5.41, 5.74) is 5.29. The molecule has 1 aliphatic rings. The molecule has 2 N–H and O–H groups in total. The van der Waals surface area contributed by atoms with E-state index < -0.39 is 6.10 Å². The Labute approximate surface area is 107 Å². The Morgan fingerprint density at radius 1 is 1.22 bits per heavy atom. The van der Waals surface area contributed by atoms with E-state index in [4.69, 9.17) is 0 Å². The maximum absolute atomic E-state index is 10.4. The maximum Gasteiger partial charge on any atom is 0.121 e. The molecule has 0 bridgehead atoms. The molecule has 0 saturated carbocycles. The molecule has 3 heteroatoms. The van der Waals surface area contributed by atoms with Gasteiger partial charge in [0.1, 0.15) is 6.10 Å². The predicted octanol–water partition coefficient (Wildman–Crippen LogP) is 2.07. The fourth-order valence-corrected chi connectivity index (χ4v) is 2.51. The standard InChI is InChI=1S/C15H16N2O/c1-10-13-9-16-7-12(13)8-17-14(10)15(18)11-5-3-2-4-6-11/h2-6,8,15-16,18H,7,9H2,1H3. The summed E-state index contributed by atoms with van der Waals surface area (Å²) in [5.74, 6) is 0. The first-order valence-corrected chi connectivity index (χ1v) is 6.18. The maximum atomic E-state index is 10.4. The zero-order valence-electron chi connectivity index (χ0n) is 10.4. The predicted molar refractivity (Wildman–Crippen MR) is 70.0 cm³/mol. The van der Waals surface area contributed by atoms with Crippen molar-refractivity contribution < 1.29 is 5.11 Å². The molecule has 1 aromatic heterocycles. The van der Waals surface area contributed by atoms with Crippen LogP contribution in [0, 0.1) is 6.92 Å². The van der Waals surface area contributed by atoms with Crippen LogP contribution in [0.2, 0.25) is 0 Å². The van der Waals surface area contributed by atoms with Crippen LogP contribution in [-0.4, -0.2) is 10.1 Å². The molecule has 18 heavy (non-hydrogen) atoms. The Balaban J connectivity index is 2.03. The Kier molecular flexibility index (Phi) is 2.86. The SMILES string of the molecule is Cc1c(C(O)c2ccccc2)ncc2c1CNC2. The molecular weight excluding hydrogens is 224 g/mol. The summed E-state index contributed by atoms with van der Waals surface area (Å²) in [6.07, 6.45) is 1.24. The van der Waals surface area contributed by atoms with E-state index in [-0.39, 0.29) is 0 Å².